The van der Waals surface area contributed by atoms with E-state index in [2.05, 4.69) is 20.3 Å². The van der Waals surface area contributed by atoms with E-state index < -0.39 is 0 Å². The zero-order valence-electron chi connectivity index (χ0n) is 18.9. The largest absolute Gasteiger partial charge is 0.368 e. The first-order valence-electron chi connectivity index (χ1n) is 10.7. The molecule has 7 nitrogen and oxygen atoms in total. The van der Waals surface area contributed by atoms with Gasteiger partial charge in [-0.3, -0.25) is 9.36 Å². The second-order valence-electron chi connectivity index (χ2n) is 7.80. The van der Waals surface area contributed by atoms with Gasteiger partial charge in [-0.2, -0.15) is 4.98 Å². The van der Waals surface area contributed by atoms with Crippen molar-refractivity contribution in [2.24, 2.45) is 0 Å². The normalized spacial score (nSPS) is 12.1. The highest BCUT2D eigenvalue weighted by molar-refractivity contribution is 8.00. The van der Waals surface area contributed by atoms with E-state index in [0.29, 0.717) is 16.2 Å². The van der Waals surface area contributed by atoms with E-state index in [0.717, 1.165) is 31.5 Å². The Balaban J connectivity index is 1.65. The monoisotopic (exact) mass is 520 g/mol. The summed E-state index contributed by atoms with van der Waals surface area (Å²) < 4.78 is 2.63. The van der Waals surface area contributed by atoms with Gasteiger partial charge < -0.3 is 11.1 Å². The van der Waals surface area contributed by atoms with E-state index in [1.807, 2.05) is 61.7 Å². The molecule has 3 heterocycles. The van der Waals surface area contributed by atoms with Crippen molar-refractivity contribution in [1.82, 2.24) is 19.5 Å². The first-order chi connectivity index (χ1) is 17.0. The van der Waals surface area contributed by atoms with Crippen LogP contribution in [0.4, 0.5) is 11.8 Å². The minimum atomic E-state index is -0.313. The SMILES string of the molecule is CSc1ncc(-c2cnc(N)nc2NC(C)c2cc3cccc(Cl)c3c(=O)n2-c2ccccc2)s1. The maximum Gasteiger partial charge on any atom is 0.264 e. The van der Waals surface area contributed by atoms with Crippen LogP contribution in [0.2, 0.25) is 5.02 Å². The van der Waals surface area contributed by atoms with Crippen LogP contribution < -0.4 is 16.6 Å². The highest BCUT2D eigenvalue weighted by Crippen LogP contribution is 2.35. The number of nitrogen functional groups attached to an aromatic ring is 1. The van der Waals surface area contributed by atoms with Crippen LogP contribution in [0, 0.1) is 0 Å². The number of fused-ring (bicyclic) bond motifs is 1. The average molecular weight is 521 g/mol. The zero-order chi connectivity index (χ0) is 24.5. The Bertz CT molecular complexity index is 1580. The number of nitrogens with one attached hydrogen (secondary N) is 1. The van der Waals surface area contributed by atoms with Crippen LogP contribution in [-0.4, -0.2) is 25.8 Å². The Morgan fingerprint density at radius 1 is 1.11 bits per heavy atom. The van der Waals surface area contributed by atoms with Gasteiger partial charge in [0.05, 0.1) is 26.9 Å². The molecule has 10 heteroatoms. The van der Waals surface area contributed by atoms with Gasteiger partial charge in [-0.1, -0.05) is 53.7 Å². The minimum absolute atomic E-state index is 0.156. The van der Waals surface area contributed by atoms with Gasteiger partial charge in [0, 0.05) is 23.8 Å². The van der Waals surface area contributed by atoms with Crippen LogP contribution in [0.25, 0.3) is 26.9 Å². The standard InChI is InChI=1S/C25H21ClN6OS2/c1-14(30-22-17(12-28-24(27)31-22)20-13-29-25(34-2)35-20)19-11-15-7-6-10-18(26)21(15)23(33)32(19)16-8-4-3-5-9-16/h3-14H,1-2H3,(H3,27,28,30,31). The molecule has 0 bridgehead atoms. The third-order valence-corrected chi connectivity index (χ3v) is 7.91. The third kappa shape index (κ3) is 4.50. The molecule has 0 saturated heterocycles. The number of thiazole rings is 1. The second kappa shape index (κ2) is 9.69. The minimum Gasteiger partial charge on any atom is -0.368 e. The van der Waals surface area contributed by atoms with Crippen molar-refractivity contribution in [3.05, 3.63) is 88.1 Å². The number of anilines is 2. The lowest BCUT2D eigenvalue weighted by molar-refractivity contribution is 0.773. The molecule has 0 aliphatic carbocycles. The van der Waals surface area contributed by atoms with Gasteiger partial charge in [-0.15, -0.1) is 11.3 Å². The van der Waals surface area contributed by atoms with Crippen LogP contribution in [0.15, 0.2) is 76.1 Å². The molecule has 5 aromatic rings. The van der Waals surface area contributed by atoms with E-state index in [9.17, 15) is 4.79 Å². The van der Waals surface area contributed by atoms with Gasteiger partial charge in [-0.05, 0) is 42.8 Å². The van der Waals surface area contributed by atoms with E-state index in [4.69, 9.17) is 17.3 Å². The number of benzene rings is 2. The topological polar surface area (TPSA) is 98.7 Å². The smallest absolute Gasteiger partial charge is 0.264 e. The van der Waals surface area contributed by atoms with Gasteiger partial charge in [0.2, 0.25) is 5.95 Å². The first kappa shape index (κ1) is 23.3. The lowest BCUT2D eigenvalue weighted by atomic mass is 10.1. The summed E-state index contributed by atoms with van der Waals surface area (Å²) in [7, 11) is 0. The molecule has 0 amide bonds. The molecule has 0 radical (unpaired) electrons. The molecule has 0 aliphatic heterocycles. The number of nitrogens with zero attached hydrogens (tertiary/aromatic N) is 4. The van der Waals surface area contributed by atoms with Crippen molar-refractivity contribution in [3.8, 4) is 16.1 Å². The van der Waals surface area contributed by atoms with Crippen LogP contribution in [-0.2, 0) is 0 Å². The maximum atomic E-state index is 13.7. The molecule has 0 spiro atoms. The fraction of sp³-hybridized carbons (Fsp3) is 0.120. The fourth-order valence-electron chi connectivity index (χ4n) is 3.94. The van der Waals surface area contributed by atoms with Gasteiger partial charge in [-0.25, -0.2) is 9.97 Å². The van der Waals surface area contributed by atoms with Crippen LogP contribution in [0.5, 0.6) is 0 Å². The number of hydrogen-bond acceptors (Lipinski definition) is 8. The van der Waals surface area contributed by atoms with E-state index in [1.165, 1.54) is 0 Å². The molecule has 0 aliphatic rings. The molecule has 176 valence electrons. The number of para-hydroxylation sites is 1. The summed E-state index contributed by atoms with van der Waals surface area (Å²) in [4.78, 5) is 27.7. The number of nitrogens with two attached hydrogens (primary N) is 1. The van der Waals surface area contributed by atoms with E-state index in [-0.39, 0.29) is 17.5 Å². The van der Waals surface area contributed by atoms with Crippen molar-refractivity contribution >= 4 is 57.2 Å². The van der Waals surface area contributed by atoms with Crippen molar-refractivity contribution in [2.45, 2.75) is 17.3 Å². The van der Waals surface area contributed by atoms with E-state index >= 15 is 0 Å². The van der Waals surface area contributed by atoms with Gasteiger partial charge in [0.25, 0.3) is 5.56 Å². The Morgan fingerprint density at radius 2 is 1.91 bits per heavy atom. The van der Waals surface area contributed by atoms with Crippen molar-refractivity contribution in [3.63, 3.8) is 0 Å². The second-order valence-corrected chi connectivity index (χ2v) is 10.3. The van der Waals surface area contributed by atoms with E-state index in [1.54, 1.807) is 46.1 Å². The Morgan fingerprint density at radius 3 is 2.66 bits per heavy atom. The fourth-order valence-corrected chi connectivity index (χ4v) is 5.63. The number of thioether (sulfide) groups is 1. The summed E-state index contributed by atoms with van der Waals surface area (Å²) in [6.07, 6.45) is 5.48. The van der Waals surface area contributed by atoms with Gasteiger partial charge >= 0.3 is 0 Å². The summed E-state index contributed by atoms with van der Waals surface area (Å²) in [5.74, 6) is 0.725. The number of pyridine rings is 1. The summed E-state index contributed by atoms with van der Waals surface area (Å²) in [6.45, 7) is 1.98. The lowest BCUT2D eigenvalue weighted by Gasteiger charge is -2.22. The summed E-state index contributed by atoms with van der Waals surface area (Å²) in [5.41, 5.74) is 8.05. The van der Waals surface area contributed by atoms with Gasteiger partial charge in [0.1, 0.15) is 10.2 Å². The quantitative estimate of drug-likeness (QED) is 0.263. The molecule has 1 unspecified atom stereocenters. The molecule has 5 rings (SSSR count). The predicted octanol–water partition coefficient (Wildman–Crippen LogP) is 6.03. The van der Waals surface area contributed by atoms with Crippen molar-refractivity contribution < 1.29 is 0 Å². The average Bonchev–Trinajstić information content (AvgIpc) is 3.33. The highest BCUT2D eigenvalue weighted by atomic mass is 35.5. The summed E-state index contributed by atoms with van der Waals surface area (Å²) in [6, 6.07) is 16.6. The molecule has 0 saturated carbocycles. The number of hydrogen-bond donors (Lipinski definition) is 2. The summed E-state index contributed by atoms with van der Waals surface area (Å²) in [5, 5.41) is 5.13. The molecule has 3 aromatic heterocycles. The van der Waals surface area contributed by atoms with Crippen LogP contribution in [0.1, 0.15) is 18.7 Å². The van der Waals surface area contributed by atoms with Crippen molar-refractivity contribution in [1.29, 1.82) is 0 Å². The zero-order valence-corrected chi connectivity index (χ0v) is 21.3. The highest BCUT2D eigenvalue weighted by Gasteiger charge is 2.20. The molecule has 1 atom stereocenters. The number of halogens is 1. The summed E-state index contributed by atoms with van der Waals surface area (Å²) >= 11 is 9.57. The first-order valence-corrected chi connectivity index (χ1v) is 13.2. The van der Waals surface area contributed by atoms with Crippen LogP contribution in [0.3, 0.4) is 0 Å². The molecule has 35 heavy (non-hydrogen) atoms. The number of rotatable bonds is 6. The molecule has 0 fully saturated rings. The molecular weight excluding hydrogens is 500 g/mol. The lowest BCUT2D eigenvalue weighted by Crippen LogP contribution is -2.26. The Labute approximate surface area is 215 Å². The van der Waals surface area contributed by atoms with Gasteiger partial charge in [0.15, 0.2) is 0 Å². The Kier molecular flexibility index (Phi) is 6.46. The number of aromatic nitrogens is 4. The van der Waals surface area contributed by atoms with Crippen molar-refractivity contribution in [2.75, 3.05) is 17.3 Å². The predicted molar refractivity (Wildman–Crippen MR) is 146 cm³/mol. The molecule has 2 aromatic carbocycles. The maximum absolute atomic E-state index is 13.7. The Hall–Kier alpha value is -3.40. The molecular formula is C25H21ClN6OS2. The van der Waals surface area contributed by atoms with Crippen LogP contribution >= 0.6 is 34.7 Å². The third-order valence-electron chi connectivity index (χ3n) is 5.57. The molecule has 3 N–H and O–H groups in total.